The molecule has 28 heavy (non-hydrogen) atoms. The number of nitrogens with zero attached hydrogens (tertiary/aromatic N) is 2. The Hall–Kier alpha value is -2.28. The van der Waals surface area contributed by atoms with Gasteiger partial charge in [-0.15, -0.1) is 11.3 Å². The molecule has 0 bridgehead atoms. The summed E-state index contributed by atoms with van der Waals surface area (Å²) >= 11 is 14.1. The van der Waals surface area contributed by atoms with Crippen molar-refractivity contribution in [3.05, 3.63) is 68.6 Å². The first-order chi connectivity index (χ1) is 13.6. The number of hydrazone groups is 1. The third-order valence-corrected chi connectivity index (χ3v) is 5.25. The lowest BCUT2D eigenvalue weighted by molar-refractivity contribution is 0.269. The van der Waals surface area contributed by atoms with Crippen molar-refractivity contribution in [1.29, 1.82) is 0 Å². The number of nitrogens with one attached hydrogen (secondary N) is 1. The Balaban J connectivity index is 1.76. The number of ether oxygens (including phenoxy) is 2. The largest absolute Gasteiger partial charge is 0.490 e. The maximum absolute atomic E-state index is 6.41. The Morgan fingerprint density at radius 1 is 1.14 bits per heavy atom. The van der Waals surface area contributed by atoms with Crippen molar-refractivity contribution in [2.75, 3.05) is 12.0 Å². The van der Waals surface area contributed by atoms with Crippen LogP contribution in [0.3, 0.4) is 0 Å². The first-order valence-corrected chi connectivity index (χ1v) is 10.2. The minimum Gasteiger partial charge on any atom is -0.490 e. The average Bonchev–Trinajstić information content (AvgIpc) is 3.09. The van der Waals surface area contributed by atoms with Crippen molar-refractivity contribution in [3.63, 3.8) is 0 Å². The van der Waals surface area contributed by atoms with Crippen LogP contribution in [0.5, 0.6) is 11.5 Å². The Kier molecular flexibility index (Phi) is 7.14. The zero-order chi connectivity index (χ0) is 19.9. The van der Waals surface area contributed by atoms with Gasteiger partial charge < -0.3 is 9.47 Å². The van der Waals surface area contributed by atoms with Gasteiger partial charge in [-0.2, -0.15) is 5.10 Å². The van der Waals surface area contributed by atoms with Gasteiger partial charge in [0.1, 0.15) is 6.61 Å². The minimum absolute atomic E-state index is 0.314. The summed E-state index contributed by atoms with van der Waals surface area (Å²) in [5.74, 6) is 1.14. The fourth-order valence-electron chi connectivity index (χ4n) is 2.36. The summed E-state index contributed by atoms with van der Waals surface area (Å²) < 4.78 is 11.6. The van der Waals surface area contributed by atoms with E-state index in [1.807, 2.05) is 43.5 Å². The summed E-state index contributed by atoms with van der Waals surface area (Å²) in [6.45, 7) is 4.65. The lowest BCUT2D eigenvalue weighted by Crippen LogP contribution is -2.01. The molecule has 0 saturated carbocycles. The maximum atomic E-state index is 6.41. The fraction of sp³-hybridized carbons (Fsp3) is 0.200. The molecule has 0 saturated heterocycles. The molecule has 0 aliphatic rings. The lowest BCUT2D eigenvalue weighted by Gasteiger charge is -2.14. The third-order valence-electron chi connectivity index (χ3n) is 3.69. The predicted molar refractivity (Wildman–Crippen MR) is 116 cm³/mol. The van der Waals surface area contributed by atoms with Crippen LogP contribution in [0.1, 0.15) is 23.7 Å². The number of benzene rings is 2. The third kappa shape index (κ3) is 5.38. The molecule has 0 radical (unpaired) electrons. The van der Waals surface area contributed by atoms with E-state index in [1.54, 1.807) is 18.3 Å². The number of thiazole rings is 1. The van der Waals surface area contributed by atoms with E-state index in [-0.39, 0.29) is 0 Å². The maximum Gasteiger partial charge on any atom is 0.203 e. The molecule has 5 nitrogen and oxygen atoms in total. The van der Waals surface area contributed by atoms with Crippen LogP contribution in [0, 0.1) is 6.92 Å². The highest BCUT2D eigenvalue weighted by atomic mass is 35.5. The van der Waals surface area contributed by atoms with Crippen LogP contribution in [-0.2, 0) is 6.61 Å². The molecule has 0 spiro atoms. The van der Waals surface area contributed by atoms with E-state index in [4.69, 9.17) is 32.7 Å². The van der Waals surface area contributed by atoms with Gasteiger partial charge in [-0.1, -0.05) is 41.4 Å². The van der Waals surface area contributed by atoms with Crippen molar-refractivity contribution >= 4 is 45.9 Å². The van der Waals surface area contributed by atoms with Crippen molar-refractivity contribution in [1.82, 2.24) is 4.98 Å². The van der Waals surface area contributed by atoms with Crippen LogP contribution in [0.2, 0.25) is 10.0 Å². The van der Waals surface area contributed by atoms with E-state index in [9.17, 15) is 0 Å². The second kappa shape index (κ2) is 9.78. The zero-order valence-corrected chi connectivity index (χ0v) is 17.7. The summed E-state index contributed by atoms with van der Waals surface area (Å²) in [6.07, 6.45) is 1.62. The molecule has 0 aliphatic heterocycles. The molecule has 1 N–H and O–H groups in total. The van der Waals surface area contributed by atoms with Crippen molar-refractivity contribution in [2.24, 2.45) is 5.10 Å². The SMILES string of the molecule is CCOc1cc(C=NNc2nc(C)cs2)c(Cl)cc1OCc1ccccc1Cl. The van der Waals surface area contributed by atoms with Crippen LogP contribution >= 0.6 is 34.5 Å². The molecule has 2 aromatic carbocycles. The van der Waals surface area contributed by atoms with E-state index in [2.05, 4.69) is 15.5 Å². The van der Waals surface area contributed by atoms with Crippen LogP contribution < -0.4 is 14.9 Å². The van der Waals surface area contributed by atoms with Gasteiger partial charge in [0.15, 0.2) is 11.5 Å². The molecular formula is C20H19Cl2N3O2S. The molecule has 0 fully saturated rings. The second-order valence-electron chi connectivity index (χ2n) is 5.80. The molecule has 0 aliphatic carbocycles. The van der Waals surface area contributed by atoms with Crippen LogP contribution in [0.15, 0.2) is 46.9 Å². The van der Waals surface area contributed by atoms with E-state index in [0.29, 0.717) is 40.3 Å². The Morgan fingerprint density at radius 3 is 2.64 bits per heavy atom. The summed E-state index contributed by atoms with van der Waals surface area (Å²) in [6, 6.07) is 11.1. The van der Waals surface area contributed by atoms with Crippen molar-refractivity contribution in [3.8, 4) is 11.5 Å². The monoisotopic (exact) mass is 435 g/mol. The van der Waals surface area contributed by atoms with E-state index in [0.717, 1.165) is 16.4 Å². The van der Waals surface area contributed by atoms with Crippen molar-refractivity contribution < 1.29 is 9.47 Å². The topological polar surface area (TPSA) is 55.7 Å². The van der Waals surface area contributed by atoms with Gasteiger partial charge >= 0.3 is 0 Å². The summed E-state index contributed by atoms with van der Waals surface area (Å²) in [5.41, 5.74) is 5.43. The lowest BCUT2D eigenvalue weighted by atomic mass is 10.2. The molecule has 1 heterocycles. The van der Waals surface area contributed by atoms with Gasteiger partial charge in [0.05, 0.1) is 23.5 Å². The highest BCUT2D eigenvalue weighted by Gasteiger charge is 2.11. The molecule has 3 aromatic rings. The first-order valence-electron chi connectivity index (χ1n) is 8.60. The predicted octanol–water partition coefficient (Wildman–Crippen LogP) is 6.18. The number of hydrogen-bond acceptors (Lipinski definition) is 6. The van der Waals surface area contributed by atoms with Gasteiger partial charge in [0.25, 0.3) is 0 Å². The zero-order valence-electron chi connectivity index (χ0n) is 15.4. The molecule has 0 amide bonds. The van der Waals surface area contributed by atoms with Gasteiger partial charge in [0.2, 0.25) is 5.13 Å². The molecule has 0 atom stereocenters. The van der Waals surface area contributed by atoms with Crippen molar-refractivity contribution in [2.45, 2.75) is 20.5 Å². The smallest absolute Gasteiger partial charge is 0.203 e. The highest BCUT2D eigenvalue weighted by molar-refractivity contribution is 7.13. The van der Waals surface area contributed by atoms with Crippen LogP contribution in [0.25, 0.3) is 0 Å². The molecule has 8 heteroatoms. The highest BCUT2D eigenvalue weighted by Crippen LogP contribution is 2.34. The van der Waals surface area contributed by atoms with Crippen LogP contribution in [0.4, 0.5) is 5.13 Å². The first kappa shape index (κ1) is 20.5. The fourth-order valence-corrected chi connectivity index (χ4v) is 3.39. The number of halogens is 2. The van der Waals surface area contributed by atoms with E-state index in [1.165, 1.54) is 11.3 Å². The number of aryl methyl sites for hydroxylation is 1. The Labute approximate surface area is 177 Å². The Morgan fingerprint density at radius 2 is 1.93 bits per heavy atom. The summed E-state index contributed by atoms with van der Waals surface area (Å²) in [4.78, 5) is 4.29. The van der Waals surface area contributed by atoms with Gasteiger partial charge in [-0.25, -0.2) is 4.98 Å². The number of aromatic nitrogens is 1. The quantitative estimate of drug-likeness (QED) is 0.338. The second-order valence-corrected chi connectivity index (χ2v) is 7.47. The van der Waals surface area contributed by atoms with E-state index >= 15 is 0 Å². The normalized spacial score (nSPS) is 11.0. The minimum atomic E-state index is 0.314. The molecule has 0 unspecified atom stereocenters. The molecular weight excluding hydrogens is 417 g/mol. The summed E-state index contributed by atoms with van der Waals surface area (Å²) in [7, 11) is 0. The number of anilines is 1. The Bertz CT molecular complexity index is 976. The van der Waals surface area contributed by atoms with Gasteiger partial charge in [0, 0.05) is 27.6 Å². The van der Waals surface area contributed by atoms with Gasteiger partial charge in [-0.05, 0) is 26.0 Å². The average molecular weight is 436 g/mol. The van der Waals surface area contributed by atoms with Crippen LogP contribution in [-0.4, -0.2) is 17.8 Å². The van der Waals surface area contributed by atoms with Gasteiger partial charge in [-0.3, -0.25) is 5.43 Å². The standard InChI is InChI=1S/C20H19Cl2N3O2S/c1-3-26-18-8-15(10-23-25-20-24-13(2)12-28-20)17(22)9-19(18)27-11-14-6-4-5-7-16(14)21/h4-10,12H,3,11H2,1-2H3,(H,24,25). The summed E-state index contributed by atoms with van der Waals surface area (Å²) in [5, 5.41) is 8.01. The molecule has 3 rings (SSSR count). The number of hydrogen-bond donors (Lipinski definition) is 1. The van der Waals surface area contributed by atoms with E-state index < -0.39 is 0 Å². The number of rotatable bonds is 8. The molecule has 146 valence electrons. The molecule has 1 aromatic heterocycles.